The van der Waals surface area contributed by atoms with Gasteiger partial charge >= 0.3 is 0 Å². The number of nitrogens with zero attached hydrogens (tertiary/aromatic N) is 2. The van der Waals surface area contributed by atoms with E-state index in [1.807, 2.05) is 7.05 Å². The zero-order valence-corrected chi connectivity index (χ0v) is 8.16. The molecule has 0 amide bonds. The van der Waals surface area contributed by atoms with Crippen LogP contribution in [0.25, 0.3) is 0 Å². The minimum Gasteiger partial charge on any atom is -0.392 e. The summed E-state index contributed by atoms with van der Waals surface area (Å²) in [5, 5.41) is 13.1. The van der Waals surface area contributed by atoms with Crippen LogP contribution >= 0.6 is 0 Å². The molecule has 0 unspecified atom stereocenters. The maximum Gasteiger partial charge on any atom is 0.0715 e. The minimum absolute atomic E-state index is 0.0656. The molecule has 13 heavy (non-hydrogen) atoms. The number of aromatic nitrogens is 2. The van der Waals surface area contributed by atoms with Gasteiger partial charge in [0.05, 0.1) is 12.8 Å². The summed E-state index contributed by atoms with van der Waals surface area (Å²) in [5.41, 5.74) is 2.01. The largest absolute Gasteiger partial charge is 0.392 e. The fourth-order valence-electron chi connectivity index (χ4n) is 1.35. The van der Waals surface area contributed by atoms with Gasteiger partial charge in [-0.15, -0.1) is 0 Å². The smallest absolute Gasteiger partial charge is 0.0715 e. The lowest BCUT2D eigenvalue weighted by Gasteiger charge is -2.03. The maximum absolute atomic E-state index is 9.00. The molecule has 74 valence electrons. The Balaban J connectivity index is 2.57. The van der Waals surface area contributed by atoms with Gasteiger partial charge in [0.25, 0.3) is 0 Å². The van der Waals surface area contributed by atoms with Crippen LogP contribution in [-0.2, 0) is 24.8 Å². The van der Waals surface area contributed by atoms with Crippen LogP contribution in [0.2, 0.25) is 0 Å². The molecule has 1 aromatic rings. The Bertz CT molecular complexity index is 258. The van der Waals surface area contributed by atoms with Crippen LogP contribution in [-0.4, -0.2) is 28.6 Å². The van der Waals surface area contributed by atoms with Gasteiger partial charge in [-0.1, -0.05) is 0 Å². The zero-order valence-electron chi connectivity index (χ0n) is 8.16. The second kappa shape index (κ2) is 4.99. The molecule has 0 aliphatic rings. The van der Waals surface area contributed by atoms with E-state index in [1.54, 1.807) is 18.0 Å². The molecule has 1 N–H and O–H groups in total. The van der Waals surface area contributed by atoms with Crippen molar-refractivity contribution in [1.29, 1.82) is 0 Å². The zero-order chi connectivity index (χ0) is 9.68. The van der Waals surface area contributed by atoms with Gasteiger partial charge in [-0.25, -0.2) is 0 Å². The van der Waals surface area contributed by atoms with E-state index in [0.29, 0.717) is 0 Å². The average molecular weight is 184 g/mol. The highest BCUT2D eigenvalue weighted by atomic mass is 16.5. The fourth-order valence-corrected chi connectivity index (χ4v) is 1.35. The highest BCUT2D eigenvalue weighted by Gasteiger charge is 2.06. The van der Waals surface area contributed by atoms with Crippen molar-refractivity contribution in [2.45, 2.75) is 19.4 Å². The summed E-state index contributed by atoms with van der Waals surface area (Å²) in [5.74, 6) is 0. The van der Waals surface area contributed by atoms with Gasteiger partial charge in [0.2, 0.25) is 0 Å². The summed E-state index contributed by atoms with van der Waals surface area (Å²) in [6.07, 6.45) is 3.57. The molecule has 0 radical (unpaired) electrons. The van der Waals surface area contributed by atoms with E-state index in [4.69, 9.17) is 9.84 Å². The molecule has 0 aromatic carbocycles. The number of hydrogen-bond donors (Lipinski definition) is 1. The van der Waals surface area contributed by atoms with E-state index in [2.05, 4.69) is 5.10 Å². The van der Waals surface area contributed by atoms with Gasteiger partial charge in [-0.2, -0.15) is 5.10 Å². The van der Waals surface area contributed by atoms with E-state index in [0.717, 1.165) is 30.7 Å². The normalized spacial score (nSPS) is 10.7. The Morgan fingerprint density at radius 1 is 1.62 bits per heavy atom. The van der Waals surface area contributed by atoms with Gasteiger partial charge in [-0.3, -0.25) is 4.68 Å². The molecule has 0 aliphatic heterocycles. The van der Waals surface area contributed by atoms with Gasteiger partial charge in [0, 0.05) is 32.0 Å². The molecular formula is C9H16N2O2. The number of hydrogen-bond acceptors (Lipinski definition) is 3. The van der Waals surface area contributed by atoms with Crippen molar-refractivity contribution < 1.29 is 9.84 Å². The predicted molar refractivity (Wildman–Crippen MR) is 49.3 cm³/mol. The number of aliphatic hydroxyl groups excluding tert-OH is 1. The molecule has 1 aromatic heterocycles. The van der Waals surface area contributed by atoms with Crippen LogP contribution < -0.4 is 0 Å². The van der Waals surface area contributed by atoms with E-state index in [-0.39, 0.29) is 6.61 Å². The SMILES string of the molecule is COCCCc1c(CO)cnn1C. The van der Waals surface area contributed by atoms with Crippen LogP contribution in [0, 0.1) is 0 Å². The molecule has 1 heterocycles. The van der Waals surface area contributed by atoms with Crippen molar-refractivity contribution >= 4 is 0 Å². The van der Waals surface area contributed by atoms with Crippen molar-refractivity contribution in [2.24, 2.45) is 7.05 Å². The topological polar surface area (TPSA) is 47.3 Å². The van der Waals surface area contributed by atoms with E-state index < -0.39 is 0 Å². The first-order valence-electron chi connectivity index (χ1n) is 4.39. The quantitative estimate of drug-likeness (QED) is 0.677. The monoisotopic (exact) mass is 184 g/mol. The first kappa shape index (κ1) is 10.2. The molecule has 0 aliphatic carbocycles. The van der Waals surface area contributed by atoms with Crippen LogP contribution in [0.5, 0.6) is 0 Å². The Kier molecular flexibility index (Phi) is 3.92. The average Bonchev–Trinajstić information content (AvgIpc) is 2.48. The Morgan fingerprint density at radius 2 is 2.38 bits per heavy atom. The van der Waals surface area contributed by atoms with Gasteiger partial charge in [0.1, 0.15) is 0 Å². The van der Waals surface area contributed by atoms with Crippen molar-refractivity contribution in [3.05, 3.63) is 17.5 Å². The standard InChI is InChI=1S/C9H16N2O2/c1-11-9(4-3-5-13-2)8(7-12)6-10-11/h6,12H,3-5,7H2,1-2H3. The van der Waals surface area contributed by atoms with Crippen LogP contribution in [0.4, 0.5) is 0 Å². The van der Waals surface area contributed by atoms with Crippen LogP contribution in [0.1, 0.15) is 17.7 Å². The highest BCUT2D eigenvalue weighted by molar-refractivity contribution is 5.16. The highest BCUT2D eigenvalue weighted by Crippen LogP contribution is 2.09. The molecular weight excluding hydrogens is 168 g/mol. The van der Waals surface area contributed by atoms with Crippen molar-refractivity contribution in [3.8, 4) is 0 Å². The first-order valence-corrected chi connectivity index (χ1v) is 4.39. The third kappa shape index (κ3) is 2.54. The molecule has 0 atom stereocenters. The molecule has 0 saturated heterocycles. The Labute approximate surface area is 78.1 Å². The third-order valence-electron chi connectivity index (χ3n) is 2.08. The summed E-state index contributed by atoms with van der Waals surface area (Å²) < 4.78 is 6.77. The lowest BCUT2D eigenvalue weighted by atomic mass is 10.1. The van der Waals surface area contributed by atoms with Crippen molar-refractivity contribution in [3.63, 3.8) is 0 Å². The summed E-state index contributed by atoms with van der Waals surface area (Å²) >= 11 is 0. The fraction of sp³-hybridized carbons (Fsp3) is 0.667. The number of methoxy groups -OCH3 is 1. The second-order valence-electron chi connectivity index (χ2n) is 2.99. The van der Waals surface area contributed by atoms with E-state index in [9.17, 15) is 0 Å². The predicted octanol–water partition coefficient (Wildman–Crippen LogP) is 0.491. The Hall–Kier alpha value is -0.870. The van der Waals surface area contributed by atoms with E-state index >= 15 is 0 Å². The lowest BCUT2D eigenvalue weighted by Crippen LogP contribution is -2.02. The van der Waals surface area contributed by atoms with E-state index in [1.165, 1.54) is 0 Å². The summed E-state index contributed by atoms with van der Waals surface area (Å²) in [6.45, 7) is 0.812. The summed E-state index contributed by atoms with van der Waals surface area (Å²) in [6, 6.07) is 0. The number of rotatable bonds is 5. The number of aryl methyl sites for hydroxylation is 1. The summed E-state index contributed by atoms with van der Waals surface area (Å²) in [7, 11) is 3.58. The van der Waals surface area contributed by atoms with Gasteiger partial charge in [-0.05, 0) is 12.8 Å². The van der Waals surface area contributed by atoms with Gasteiger partial charge in [0.15, 0.2) is 0 Å². The molecule has 4 nitrogen and oxygen atoms in total. The minimum atomic E-state index is 0.0656. The van der Waals surface area contributed by atoms with Crippen LogP contribution in [0.15, 0.2) is 6.20 Å². The number of ether oxygens (including phenoxy) is 1. The molecule has 0 spiro atoms. The number of aliphatic hydroxyl groups is 1. The molecule has 0 fully saturated rings. The lowest BCUT2D eigenvalue weighted by molar-refractivity contribution is 0.194. The first-order chi connectivity index (χ1) is 6.29. The molecule has 0 bridgehead atoms. The molecule has 1 rings (SSSR count). The maximum atomic E-state index is 9.00. The third-order valence-corrected chi connectivity index (χ3v) is 2.08. The van der Waals surface area contributed by atoms with Crippen molar-refractivity contribution in [1.82, 2.24) is 9.78 Å². The molecule has 4 heteroatoms. The summed E-state index contributed by atoms with van der Waals surface area (Å²) in [4.78, 5) is 0. The molecule has 0 saturated carbocycles. The van der Waals surface area contributed by atoms with Crippen molar-refractivity contribution in [2.75, 3.05) is 13.7 Å². The Morgan fingerprint density at radius 3 is 3.00 bits per heavy atom. The van der Waals surface area contributed by atoms with Crippen LogP contribution in [0.3, 0.4) is 0 Å². The van der Waals surface area contributed by atoms with Gasteiger partial charge < -0.3 is 9.84 Å². The second-order valence-corrected chi connectivity index (χ2v) is 2.99.